The van der Waals surface area contributed by atoms with E-state index in [1.54, 1.807) is 7.11 Å². The number of methoxy groups -OCH3 is 1. The van der Waals surface area contributed by atoms with Crippen LogP contribution in [0, 0.1) is 6.92 Å². The first-order valence-electron chi connectivity index (χ1n) is 5.41. The van der Waals surface area contributed by atoms with Crippen molar-refractivity contribution in [3.05, 3.63) is 26.7 Å². The minimum Gasteiger partial charge on any atom is -0.495 e. The Morgan fingerprint density at radius 1 is 1.56 bits per heavy atom. The molecule has 4 nitrogen and oxygen atoms in total. The first kappa shape index (κ1) is 15.1. The number of hydrogen-bond donors (Lipinski definition) is 1. The van der Waals surface area contributed by atoms with E-state index >= 15 is 0 Å². The molecule has 0 radical (unpaired) electrons. The minimum absolute atomic E-state index is 0.279. The van der Waals surface area contributed by atoms with Crippen molar-refractivity contribution in [2.45, 2.75) is 19.8 Å². The number of amides is 1. The zero-order chi connectivity index (χ0) is 13.7. The molecule has 0 saturated carbocycles. The second-order valence-electron chi connectivity index (χ2n) is 3.76. The third kappa shape index (κ3) is 3.78. The maximum Gasteiger partial charge on any atom is 0.404 e. The number of benzene rings is 1. The van der Waals surface area contributed by atoms with Gasteiger partial charge in [-0.1, -0.05) is 11.6 Å². The largest absolute Gasteiger partial charge is 0.495 e. The van der Waals surface area contributed by atoms with Crippen LogP contribution in [0.3, 0.4) is 0 Å². The Morgan fingerprint density at radius 2 is 2.22 bits per heavy atom. The van der Waals surface area contributed by atoms with Crippen molar-refractivity contribution >= 4 is 33.6 Å². The Bertz CT molecular complexity index is 451. The molecule has 0 bridgehead atoms. The van der Waals surface area contributed by atoms with Crippen LogP contribution >= 0.6 is 27.5 Å². The molecule has 6 heteroatoms. The molecule has 0 fully saturated rings. The van der Waals surface area contributed by atoms with Crippen LogP contribution in [-0.2, 0) is 11.2 Å². The van der Waals surface area contributed by atoms with E-state index in [0.717, 1.165) is 21.3 Å². The minimum atomic E-state index is -0.759. The quantitative estimate of drug-likeness (QED) is 0.838. The van der Waals surface area contributed by atoms with Gasteiger partial charge in [0, 0.05) is 5.02 Å². The van der Waals surface area contributed by atoms with Gasteiger partial charge < -0.3 is 15.2 Å². The normalized spacial score (nSPS) is 10.2. The fraction of sp³-hybridized carbons (Fsp3) is 0.417. The Hall–Kier alpha value is -0.940. The van der Waals surface area contributed by atoms with E-state index in [9.17, 15) is 4.79 Å². The van der Waals surface area contributed by atoms with Gasteiger partial charge in [-0.25, -0.2) is 4.79 Å². The summed E-state index contributed by atoms with van der Waals surface area (Å²) >= 11 is 9.58. The molecule has 0 aliphatic rings. The van der Waals surface area contributed by atoms with E-state index in [1.807, 2.05) is 13.0 Å². The molecule has 18 heavy (non-hydrogen) atoms. The molecule has 1 aromatic carbocycles. The van der Waals surface area contributed by atoms with Gasteiger partial charge in [0.15, 0.2) is 0 Å². The van der Waals surface area contributed by atoms with Gasteiger partial charge >= 0.3 is 6.09 Å². The van der Waals surface area contributed by atoms with Crippen LogP contribution in [0.2, 0.25) is 5.02 Å². The van der Waals surface area contributed by atoms with Gasteiger partial charge in [-0.05, 0) is 52.9 Å². The number of halogens is 2. The molecular weight excluding hydrogens is 321 g/mol. The van der Waals surface area contributed by atoms with Gasteiger partial charge in [-0.2, -0.15) is 0 Å². The molecule has 0 unspecified atom stereocenters. The SMILES string of the molecule is COc1c(CCCOC(N)=O)cc(Cl)c(C)c1Br. The zero-order valence-electron chi connectivity index (χ0n) is 10.3. The van der Waals surface area contributed by atoms with E-state index < -0.39 is 6.09 Å². The van der Waals surface area contributed by atoms with Crippen LogP contribution in [0.5, 0.6) is 5.75 Å². The van der Waals surface area contributed by atoms with Crippen molar-refractivity contribution in [1.82, 2.24) is 0 Å². The number of carbonyl (C=O) groups excluding carboxylic acids is 1. The number of carbonyl (C=O) groups is 1. The average molecular weight is 337 g/mol. The van der Waals surface area contributed by atoms with Crippen LogP contribution < -0.4 is 10.5 Å². The first-order chi connectivity index (χ1) is 8.47. The molecule has 1 rings (SSSR count). The third-order valence-electron chi connectivity index (χ3n) is 2.52. The topological polar surface area (TPSA) is 61.6 Å². The lowest BCUT2D eigenvalue weighted by atomic mass is 10.1. The molecule has 0 spiro atoms. The molecule has 0 saturated heterocycles. The highest BCUT2D eigenvalue weighted by Gasteiger charge is 2.13. The van der Waals surface area contributed by atoms with Crippen LogP contribution in [0.1, 0.15) is 17.5 Å². The molecule has 100 valence electrons. The number of aryl methyl sites for hydroxylation is 1. The highest BCUT2D eigenvalue weighted by Crippen LogP contribution is 2.37. The predicted molar refractivity (Wildman–Crippen MR) is 74.3 cm³/mol. The van der Waals surface area contributed by atoms with Gasteiger partial charge in [-0.15, -0.1) is 0 Å². The van der Waals surface area contributed by atoms with Crippen LogP contribution in [-0.4, -0.2) is 19.8 Å². The van der Waals surface area contributed by atoms with Crippen molar-refractivity contribution in [1.29, 1.82) is 0 Å². The monoisotopic (exact) mass is 335 g/mol. The summed E-state index contributed by atoms with van der Waals surface area (Å²) in [6, 6.07) is 1.87. The smallest absolute Gasteiger partial charge is 0.404 e. The number of hydrogen-bond acceptors (Lipinski definition) is 3. The van der Waals surface area contributed by atoms with E-state index in [2.05, 4.69) is 20.7 Å². The maximum absolute atomic E-state index is 10.4. The number of primary amides is 1. The van der Waals surface area contributed by atoms with E-state index in [0.29, 0.717) is 17.9 Å². The molecular formula is C12H15BrClNO3. The van der Waals surface area contributed by atoms with Gasteiger partial charge in [0.05, 0.1) is 18.2 Å². The second-order valence-corrected chi connectivity index (χ2v) is 4.96. The maximum atomic E-state index is 10.4. The Labute approximate surface area is 120 Å². The van der Waals surface area contributed by atoms with E-state index in [-0.39, 0.29) is 6.61 Å². The van der Waals surface area contributed by atoms with Crippen molar-refractivity contribution in [3.63, 3.8) is 0 Å². The summed E-state index contributed by atoms with van der Waals surface area (Å²) in [6.07, 6.45) is 0.588. The molecule has 0 aliphatic heterocycles. The fourth-order valence-electron chi connectivity index (χ4n) is 1.58. The summed E-state index contributed by atoms with van der Waals surface area (Å²) in [5.74, 6) is 0.760. The van der Waals surface area contributed by atoms with Crippen LogP contribution in [0.4, 0.5) is 4.79 Å². The van der Waals surface area contributed by atoms with E-state index in [4.69, 9.17) is 22.1 Å². The zero-order valence-corrected chi connectivity index (χ0v) is 12.6. The van der Waals surface area contributed by atoms with Crippen molar-refractivity contribution in [2.75, 3.05) is 13.7 Å². The standard InChI is InChI=1S/C12H15BrClNO3/c1-7-9(14)6-8(11(17-2)10(7)13)4-3-5-18-12(15)16/h6H,3-5H2,1-2H3,(H2,15,16). The van der Waals surface area contributed by atoms with Gasteiger partial charge in [0.2, 0.25) is 0 Å². The lowest BCUT2D eigenvalue weighted by Crippen LogP contribution is -2.14. The van der Waals surface area contributed by atoms with Crippen molar-refractivity contribution in [2.24, 2.45) is 5.73 Å². The average Bonchev–Trinajstić information content (AvgIpc) is 2.32. The molecule has 0 heterocycles. The summed E-state index contributed by atoms with van der Waals surface area (Å²) in [6.45, 7) is 2.19. The summed E-state index contributed by atoms with van der Waals surface area (Å²) in [4.78, 5) is 10.4. The third-order valence-corrected chi connectivity index (χ3v) is 3.87. The van der Waals surface area contributed by atoms with Gasteiger partial charge in [-0.3, -0.25) is 0 Å². The predicted octanol–water partition coefficient (Wildman–Crippen LogP) is 3.45. The second kappa shape index (κ2) is 6.85. The number of nitrogens with two attached hydrogens (primary N) is 1. The van der Waals surface area contributed by atoms with Gasteiger partial charge in [0.25, 0.3) is 0 Å². The van der Waals surface area contributed by atoms with Gasteiger partial charge in [0.1, 0.15) is 5.75 Å². The Balaban J connectivity index is 2.79. The number of ether oxygens (including phenoxy) is 2. The number of rotatable bonds is 5. The summed E-state index contributed by atoms with van der Waals surface area (Å²) in [5.41, 5.74) is 6.78. The molecule has 1 aromatic rings. The van der Waals surface area contributed by atoms with Crippen molar-refractivity contribution in [3.8, 4) is 5.75 Å². The highest BCUT2D eigenvalue weighted by atomic mass is 79.9. The molecule has 0 aliphatic carbocycles. The fourth-order valence-corrected chi connectivity index (χ4v) is 2.56. The molecule has 0 aromatic heterocycles. The van der Waals surface area contributed by atoms with E-state index in [1.165, 1.54) is 0 Å². The first-order valence-corrected chi connectivity index (χ1v) is 6.58. The molecule has 2 N–H and O–H groups in total. The lowest BCUT2D eigenvalue weighted by molar-refractivity contribution is 0.155. The molecule has 1 amide bonds. The summed E-state index contributed by atoms with van der Waals surface area (Å²) in [7, 11) is 1.61. The Kier molecular flexibility index (Phi) is 5.75. The summed E-state index contributed by atoms with van der Waals surface area (Å²) < 4.78 is 10.9. The van der Waals surface area contributed by atoms with Crippen molar-refractivity contribution < 1.29 is 14.3 Å². The highest BCUT2D eigenvalue weighted by molar-refractivity contribution is 9.10. The van der Waals surface area contributed by atoms with Crippen LogP contribution in [0.15, 0.2) is 10.5 Å². The van der Waals surface area contributed by atoms with Crippen LogP contribution in [0.25, 0.3) is 0 Å². The lowest BCUT2D eigenvalue weighted by Gasteiger charge is -2.14. The molecule has 0 atom stereocenters. The summed E-state index contributed by atoms with van der Waals surface area (Å²) in [5, 5.41) is 0.675. The Morgan fingerprint density at radius 3 is 2.78 bits per heavy atom.